The molecule has 2 amide bonds. The molecule has 10 heteroatoms. The number of rotatable bonds is 7. The Labute approximate surface area is 199 Å². The Morgan fingerprint density at radius 3 is 3.00 bits per heavy atom. The normalized spacial score (nSPS) is 21.9. The molecule has 9 nitrogen and oxygen atoms in total. The van der Waals surface area contributed by atoms with Gasteiger partial charge >= 0.3 is 6.09 Å². The van der Waals surface area contributed by atoms with Crippen LogP contribution in [0.25, 0.3) is 10.9 Å². The molecular formula is C23H23BrN4O5. The van der Waals surface area contributed by atoms with Crippen molar-refractivity contribution in [2.45, 2.75) is 37.7 Å². The zero-order valence-corrected chi connectivity index (χ0v) is 19.4. The van der Waals surface area contributed by atoms with E-state index in [1.54, 1.807) is 6.20 Å². The van der Waals surface area contributed by atoms with Crippen molar-refractivity contribution in [3.8, 4) is 12.3 Å². The number of aromatic nitrogens is 1. The highest BCUT2D eigenvalue weighted by Gasteiger charge is 2.41. The molecular weight excluding hydrogens is 492 g/mol. The summed E-state index contributed by atoms with van der Waals surface area (Å²) in [6, 6.07) is 8.88. The highest BCUT2D eigenvalue weighted by molar-refractivity contribution is 9.18. The lowest BCUT2D eigenvalue weighted by molar-refractivity contribution is -0.125. The third-order valence-electron chi connectivity index (χ3n) is 5.41. The molecule has 33 heavy (non-hydrogen) atoms. The number of carbonyl (C=O) groups is 2. The Morgan fingerprint density at radius 1 is 1.36 bits per heavy atom. The van der Waals surface area contributed by atoms with E-state index in [2.05, 4.69) is 37.3 Å². The van der Waals surface area contributed by atoms with Crippen LogP contribution in [0.5, 0.6) is 0 Å². The monoisotopic (exact) mass is 514 g/mol. The first kappa shape index (κ1) is 23.0. The zero-order valence-electron chi connectivity index (χ0n) is 17.8. The molecule has 0 aliphatic carbocycles. The molecule has 1 aromatic carbocycles. The third kappa shape index (κ3) is 5.80. The van der Waals surface area contributed by atoms with Gasteiger partial charge in [0.25, 0.3) is 0 Å². The first-order chi connectivity index (χ1) is 16.0. The van der Waals surface area contributed by atoms with Crippen molar-refractivity contribution in [1.82, 2.24) is 15.2 Å². The van der Waals surface area contributed by atoms with E-state index in [9.17, 15) is 9.59 Å². The van der Waals surface area contributed by atoms with Gasteiger partial charge in [0, 0.05) is 30.0 Å². The number of ether oxygens (including phenoxy) is 2. The highest BCUT2D eigenvalue weighted by Crippen LogP contribution is 2.23. The molecule has 2 unspecified atom stereocenters. The summed E-state index contributed by atoms with van der Waals surface area (Å²) in [5.74, 6) is 2.10. The zero-order chi connectivity index (χ0) is 23.2. The minimum atomic E-state index is -0.735. The number of hydrogen-bond donors (Lipinski definition) is 1. The predicted octanol–water partition coefficient (Wildman–Crippen LogP) is 2.58. The molecule has 172 valence electrons. The summed E-state index contributed by atoms with van der Waals surface area (Å²) in [5.41, 5.74) is 1.62. The molecule has 2 aromatic rings. The van der Waals surface area contributed by atoms with E-state index in [1.165, 1.54) is 4.90 Å². The SMILES string of the molecule is C#CCOC1CC(C(=O)NC[C@@H]2CC(Br)=NO2)N(C(=O)OCc2cnc3ccccc3c2)C1. The van der Waals surface area contributed by atoms with E-state index in [-0.39, 0.29) is 44.4 Å². The molecule has 2 aliphatic rings. The van der Waals surface area contributed by atoms with Crippen molar-refractivity contribution < 1.29 is 23.9 Å². The number of benzene rings is 1. The molecule has 1 N–H and O–H groups in total. The van der Waals surface area contributed by atoms with Gasteiger partial charge in [0.15, 0.2) is 6.10 Å². The minimum Gasteiger partial charge on any atom is -0.444 e. The first-order valence-electron chi connectivity index (χ1n) is 10.5. The van der Waals surface area contributed by atoms with E-state index >= 15 is 0 Å². The molecule has 3 atom stereocenters. The smallest absolute Gasteiger partial charge is 0.410 e. The Balaban J connectivity index is 1.37. The average molecular weight is 515 g/mol. The van der Waals surface area contributed by atoms with Gasteiger partial charge in [-0.25, -0.2) is 4.79 Å². The summed E-state index contributed by atoms with van der Waals surface area (Å²) in [4.78, 5) is 36.7. The Bertz CT molecular complexity index is 1100. The van der Waals surface area contributed by atoms with E-state index in [1.807, 2.05) is 30.3 Å². The predicted molar refractivity (Wildman–Crippen MR) is 124 cm³/mol. The van der Waals surface area contributed by atoms with Gasteiger partial charge in [0.2, 0.25) is 5.91 Å². The van der Waals surface area contributed by atoms with Crippen molar-refractivity contribution in [2.75, 3.05) is 19.7 Å². The number of oxime groups is 1. The van der Waals surface area contributed by atoms with Crippen LogP contribution in [0.3, 0.4) is 0 Å². The van der Waals surface area contributed by atoms with Crippen LogP contribution in [0.1, 0.15) is 18.4 Å². The van der Waals surface area contributed by atoms with Gasteiger partial charge in [-0.2, -0.15) is 0 Å². The standard InChI is InChI=1S/C23H23BrN4O5/c1-2-7-31-18-9-20(22(29)26-12-17-10-21(24)27-33-17)28(13-18)23(30)32-14-15-8-16-5-3-4-6-19(16)25-11-15/h1,3-6,8,11,17-18,20H,7,9-10,12-14H2,(H,26,29)/t17-,18?,20?/m0/s1. The number of likely N-dealkylation sites (tertiary alicyclic amines) is 1. The second kappa shape index (κ2) is 10.6. The van der Waals surface area contributed by atoms with Gasteiger partial charge < -0.3 is 19.6 Å². The van der Waals surface area contributed by atoms with Crippen molar-refractivity contribution >= 4 is 43.5 Å². The van der Waals surface area contributed by atoms with Crippen LogP contribution in [0.4, 0.5) is 4.79 Å². The van der Waals surface area contributed by atoms with Crippen LogP contribution in [-0.4, -0.2) is 64.5 Å². The first-order valence-corrected chi connectivity index (χ1v) is 11.3. The summed E-state index contributed by atoms with van der Waals surface area (Å²) in [6.07, 6.45) is 6.65. The highest BCUT2D eigenvalue weighted by atomic mass is 79.9. The number of pyridine rings is 1. The number of terminal acetylenes is 1. The molecule has 0 spiro atoms. The van der Waals surface area contributed by atoms with Gasteiger partial charge in [0.1, 0.15) is 23.9 Å². The van der Waals surface area contributed by atoms with Crippen LogP contribution in [0, 0.1) is 12.3 Å². The van der Waals surface area contributed by atoms with Crippen LogP contribution >= 0.6 is 15.9 Å². The molecule has 0 radical (unpaired) electrons. The lowest BCUT2D eigenvalue weighted by Gasteiger charge is -2.23. The molecule has 1 saturated heterocycles. The van der Waals surface area contributed by atoms with Gasteiger partial charge in [-0.1, -0.05) is 29.3 Å². The molecule has 2 aliphatic heterocycles. The maximum Gasteiger partial charge on any atom is 0.410 e. The largest absolute Gasteiger partial charge is 0.444 e. The molecule has 4 rings (SSSR count). The van der Waals surface area contributed by atoms with E-state index in [0.29, 0.717) is 17.5 Å². The molecule has 3 heterocycles. The lowest BCUT2D eigenvalue weighted by atomic mass is 10.1. The summed E-state index contributed by atoms with van der Waals surface area (Å²) >= 11 is 3.27. The topological polar surface area (TPSA) is 102 Å². The van der Waals surface area contributed by atoms with Crippen molar-refractivity contribution in [3.05, 3.63) is 42.1 Å². The second-order valence-corrected chi connectivity index (χ2v) is 8.69. The molecule has 0 saturated carbocycles. The fourth-order valence-electron chi connectivity index (χ4n) is 3.79. The number of nitrogens with one attached hydrogen (secondary N) is 1. The fourth-order valence-corrected chi connectivity index (χ4v) is 4.24. The van der Waals surface area contributed by atoms with Crippen LogP contribution in [0.2, 0.25) is 0 Å². The third-order valence-corrected chi connectivity index (χ3v) is 5.88. The fraction of sp³-hybridized carbons (Fsp3) is 0.391. The van der Waals surface area contributed by atoms with Crippen LogP contribution < -0.4 is 5.32 Å². The van der Waals surface area contributed by atoms with Gasteiger partial charge in [0.05, 0.1) is 24.7 Å². The van der Waals surface area contributed by atoms with Crippen molar-refractivity contribution in [1.29, 1.82) is 0 Å². The Morgan fingerprint density at radius 2 is 2.21 bits per heavy atom. The van der Waals surface area contributed by atoms with Crippen molar-refractivity contribution in [3.63, 3.8) is 0 Å². The number of carbonyl (C=O) groups excluding carboxylic acids is 2. The summed E-state index contributed by atoms with van der Waals surface area (Å²) in [5, 5.41) is 7.59. The molecule has 1 aromatic heterocycles. The number of fused-ring (bicyclic) bond motifs is 1. The second-order valence-electron chi connectivity index (χ2n) is 7.78. The maximum absolute atomic E-state index is 12.9. The summed E-state index contributed by atoms with van der Waals surface area (Å²) in [7, 11) is 0. The number of hydrogen-bond acceptors (Lipinski definition) is 7. The Hall–Kier alpha value is -3.16. The summed E-state index contributed by atoms with van der Waals surface area (Å²) in [6.45, 7) is 0.628. The van der Waals surface area contributed by atoms with E-state index < -0.39 is 12.1 Å². The van der Waals surface area contributed by atoms with Crippen LogP contribution in [-0.2, 0) is 25.7 Å². The van der Waals surface area contributed by atoms with E-state index in [0.717, 1.165) is 16.5 Å². The maximum atomic E-state index is 12.9. The summed E-state index contributed by atoms with van der Waals surface area (Å²) < 4.78 is 11.8. The number of amides is 2. The number of para-hydroxylation sites is 1. The van der Waals surface area contributed by atoms with Crippen molar-refractivity contribution in [2.24, 2.45) is 5.16 Å². The quantitative estimate of drug-likeness (QED) is 0.569. The number of halogens is 1. The average Bonchev–Trinajstić information content (AvgIpc) is 3.45. The molecule has 0 bridgehead atoms. The minimum absolute atomic E-state index is 0.0403. The number of nitrogens with zero attached hydrogens (tertiary/aromatic N) is 3. The van der Waals surface area contributed by atoms with Gasteiger partial charge in [-0.15, -0.1) is 6.42 Å². The Kier molecular flexibility index (Phi) is 7.42. The van der Waals surface area contributed by atoms with E-state index in [4.69, 9.17) is 20.7 Å². The lowest BCUT2D eigenvalue weighted by Crippen LogP contribution is -2.47. The van der Waals surface area contributed by atoms with Gasteiger partial charge in [-0.05, 0) is 28.1 Å². The molecule has 1 fully saturated rings. The van der Waals surface area contributed by atoms with Crippen LogP contribution in [0.15, 0.2) is 41.7 Å². The van der Waals surface area contributed by atoms with Gasteiger partial charge in [-0.3, -0.25) is 14.7 Å².